The van der Waals surface area contributed by atoms with Crippen LogP contribution in [0.2, 0.25) is 0 Å². The van der Waals surface area contributed by atoms with Gasteiger partial charge in [-0.25, -0.2) is 22.8 Å². The van der Waals surface area contributed by atoms with Gasteiger partial charge in [0.15, 0.2) is 0 Å². The van der Waals surface area contributed by atoms with Gasteiger partial charge in [0.05, 0.1) is 11.4 Å². The van der Waals surface area contributed by atoms with Gasteiger partial charge in [-0.15, -0.1) is 11.3 Å². The zero-order chi connectivity index (χ0) is 18.1. The summed E-state index contributed by atoms with van der Waals surface area (Å²) in [7, 11) is -3.74. The summed E-state index contributed by atoms with van der Waals surface area (Å²) < 4.78 is 40.5. The van der Waals surface area contributed by atoms with E-state index in [4.69, 9.17) is 0 Å². The van der Waals surface area contributed by atoms with E-state index in [-0.39, 0.29) is 10.9 Å². The second kappa shape index (κ2) is 6.75. The zero-order valence-corrected chi connectivity index (χ0v) is 15.7. The third kappa shape index (κ3) is 3.33. The summed E-state index contributed by atoms with van der Waals surface area (Å²) in [5, 5.41) is 6.30. The fourth-order valence-corrected chi connectivity index (χ4v) is 5.48. The minimum Gasteiger partial charge on any atom is -0.291 e. The molecule has 0 bridgehead atoms. The lowest BCUT2D eigenvalue weighted by Crippen LogP contribution is -2.12. The van der Waals surface area contributed by atoms with Crippen molar-refractivity contribution < 1.29 is 12.8 Å². The molecule has 4 rings (SSSR count). The second-order valence-electron chi connectivity index (χ2n) is 5.47. The summed E-state index contributed by atoms with van der Waals surface area (Å²) in [5.74, 6) is -0.709. The topological polar surface area (TPSA) is 64.8 Å². The minimum atomic E-state index is -3.74. The van der Waals surface area contributed by atoms with Gasteiger partial charge in [-0.1, -0.05) is 6.07 Å². The van der Waals surface area contributed by atoms with Gasteiger partial charge in [-0.2, -0.15) is 11.3 Å². The first kappa shape index (κ1) is 17.1. The summed E-state index contributed by atoms with van der Waals surface area (Å²) in [4.78, 5) is 8.39. The second-order valence-corrected chi connectivity index (χ2v) is 9.00. The van der Waals surface area contributed by atoms with Crippen LogP contribution in [0.15, 0.2) is 64.0 Å². The SMILES string of the molecule is O=S(=O)(Cc1csc(-c2ccsc2)n1)c1nccn1-c1cccc(F)c1. The third-order valence-corrected chi connectivity index (χ3v) is 6.79. The van der Waals surface area contributed by atoms with Gasteiger partial charge in [0.1, 0.15) is 16.6 Å². The molecule has 0 saturated carbocycles. The van der Waals surface area contributed by atoms with Gasteiger partial charge in [-0.05, 0) is 29.6 Å². The highest BCUT2D eigenvalue weighted by atomic mass is 32.2. The van der Waals surface area contributed by atoms with Crippen LogP contribution >= 0.6 is 22.7 Å². The first-order chi connectivity index (χ1) is 12.5. The molecule has 0 radical (unpaired) electrons. The van der Waals surface area contributed by atoms with E-state index in [1.807, 2.05) is 16.8 Å². The Hall–Kier alpha value is -2.36. The molecule has 4 aromatic rings. The van der Waals surface area contributed by atoms with Crippen molar-refractivity contribution in [2.45, 2.75) is 10.9 Å². The molecule has 0 atom stereocenters. The summed E-state index contributed by atoms with van der Waals surface area (Å²) in [6, 6.07) is 7.66. The molecule has 9 heteroatoms. The fraction of sp³-hybridized carbons (Fsp3) is 0.0588. The van der Waals surface area contributed by atoms with E-state index >= 15 is 0 Å². The molecule has 3 aromatic heterocycles. The minimum absolute atomic E-state index is 0.131. The standard InChI is InChI=1S/C17H12FN3O2S3/c18-13-2-1-3-15(8-13)21-6-5-19-17(21)26(22,23)11-14-10-25-16(20-14)12-4-7-24-9-12/h1-10H,11H2. The van der Waals surface area contributed by atoms with E-state index in [9.17, 15) is 12.8 Å². The van der Waals surface area contributed by atoms with Crippen molar-refractivity contribution in [3.8, 4) is 16.3 Å². The first-order valence-corrected chi connectivity index (χ1v) is 11.0. The van der Waals surface area contributed by atoms with Crippen molar-refractivity contribution in [1.82, 2.24) is 14.5 Å². The van der Waals surface area contributed by atoms with E-state index in [2.05, 4.69) is 9.97 Å². The van der Waals surface area contributed by atoms with E-state index in [0.717, 1.165) is 10.6 Å². The smallest absolute Gasteiger partial charge is 0.232 e. The van der Waals surface area contributed by atoms with Crippen LogP contribution in [0.3, 0.4) is 0 Å². The Labute approximate surface area is 157 Å². The van der Waals surface area contributed by atoms with Gasteiger partial charge in [-0.3, -0.25) is 4.57 Å². The van der Waals surface area contributed by atoms with Crippen LogP contribution in [0, 0.1) is 5.82 Å². The molecule has 1 aromatic carbocycles. The molecule has 5 nitrogen and oxygen atoms in total. The van der Waals surface area contributed by atoms with Gasteiger partial charge >= 0.3 is 0 Å². The highest BCUT2D eigenvalue weighted by Crippen LogP contribution is 2.27. The number of thiophene rings is 1. The molecule has 0 spiro atoms. The molecule has 26 heavy (non-hydrogen) atoms. The third-order valence-electron chi connectivity index (χ3n) is 3.63. The van der Waals surface area contributed by atoms with E-state index < -0.39 is 15.7 Å². The van der Waals surface area contributed by atoms with E-state index in [1.54, 1.807) is 22.8 Å². The number of benzene rings is 1. The highest BCUT2D eigenvalue weighted by Gasteiger charge is 2.23. The Morgan fingerprint density at radius 2 is 2.08 bits per heavy atom. The number of rotatable bonds is 5. The molecule has 0 saturated heterocycles. The van der Waals surface area contributed by atoms with Crippen molar-refractivity contribution in [3.05, 3.63) is 70.4 Å². The summed E-state index contributed by atoms with van der Waals surface area (Å²) in [5.41, 5.74) is 1.84. The van der Waals surface area contributed by atoms with E-state index in [0.29, 0.717) is 11.4 Å². The van der Waals surface area contributed by atoms with Crippen molar-refractivity contribution in [1.29, 1.82) is 0 Å². The predicted molar refractivity (Wildman–Crippen MR) is 99.8 cm³/mol. The highest BCUT2D eigenvalue weighted by molar-refractivity contribution is 7.90. The molecule has 0 aliphatic rings. The van der Waals surface area contributed by atoms with Crippen molar-refractivity contribution in [3.63, 3.8) is 0 Å². The molecule has 132 valence electrons. The van der Waals surface area contributed by atoms with Crippen LogP contribution in [0.4, 0.5) is 4.39 Å². The molecule has 0 unspecified atom stereocenters. The predicted octanol–water partition coefficient (Wildman–Crippen LogP) is 4.17. The van der Waals surface area contributed by atoms with E-state index in [1.165, 1.54) is 46.5 Å². The van der Waals surface area contributed by atoms with Crippen LogP contribution in [0.5, 0.6) is 0 Å². The number of hydrogen-bond acceptors (Lipinski definition) is 6. The molecule has 0 aliphatic heterocycles. The lowest BCUT2D eigenvalue weighted by atomic mass is 10.3. The molecule has 0 fully saturated rings. The van der Waals surface area contributed by atoms with Crippen molar-refractivity contribution >= 4 is 32.5 Å². The fourth-order valence-electron chi connectivity index (χ4n) is 2.49. The van der Waals surface area contributed by atoms with Crippen LogP contribution in [0.1, 0.15) is 5.69 Å². The van der Waals surface area contributed by atoms with Gasteiger partial charge in [0, 0.05) is 28.7 Å². The Balaban J connectivity index is 1.65. The number of thiazole rings is 1. The number of aromatic nitrogens is 3. The van der Waals surface area contributed by atoms with Crippen LogP contribution < -0.4 is 0 Å². The van der Waals surface area contributed by atoms with Crippen molar-refractivity contribution in [2.75, 3.05) is 0 Å². The largest absolute Gasteiger partial charge is 0.291 e. The Morgan fingerprint density at radius 1 is 1.19 bits per heavy atom. The molecule has 3 heterocycles. The lowest BCUT2D eigenvalue weighted by Gasteiger charge is -2.08. The molecule has 0 aliphatic carbocycles. The monoisotopic (exact) mass is 405 g/mol. The number of hydrogen-bond donors (Lipinski definition) is 0. The lowest BCUT2D eigenvalue weighted by molar-refractivity contribution is 0.582. The summed E-state index contributed by atoms with van der Waals surface area (Å²) in [6.45, 7) is 0. The molecular weight excluding hydrogens is 393 g/mol. The first-order valence-electron chi connectivity index (χ1n) is 7.52. The van der Waals surface area contributed by atoms with Crippen LogP contribution in [-0.4, -0.2) is 23.0 Å². The normalized spacial score (nSPS) is 11.7. The number of nitrogens with zero attached hydrogens (tertiary/aromatic N) is 3. The molecular formula is C17H12FN3O2S3. The Kier molecular flexibility index (Phi) is 4.43. The zero-order valence-electron chi connectivity index (χ0n) is 13.2. The Morgan fingerprint density at radius 3 is 2.85 bits per heavy atom. The number of sulfone groups is 1. The number of imidazole rings is 1. The maximum absolute atomic E-state index is 13.5. The maximum Gasteiger partial charge on any atom is 0.232 e. The van der Waals surface area contributed by atoms with Crippen LogP contribution in [-0.2, 0) is 15.6 Å². The molecule has 0 N–H and O–H groups in total. The quantitative estimate of drug-likeness (QED) is 0.500. The Bertz CT molecular complexity index is 1150. The van der Waals surface area contributed by atoms with Gasteiger partial charge in [0.25, 0.3) is 0 Å². The average Bonchev–Trinajstić information content (AvgIpc) is 3.35. The summed E-state index contributed by atoms with van der Waals surface area (Å²) in [6.07, 6.45) is 2.88. The number of halogens is 1. The van der Waals surface area contributed by atoms with Gasteiger partial charge in [0.2, 0.25) is 15.0 Å². The maximum atomic E-state index is 13.5. The average molecular weight is 406 g/mol. The van der Waals surface area contributed by atoms with Crippen molar-refractivity contribution in [2.24, 2.45) is 0 Å². The van der Waals surface area contributed by atoms with Crippen LogP contribution in [0.25, 0.3) is 16.3 Å². The summed E-state index contributed by atoms with van der Waals surface area (Å²) >= 11 is 2.96. The van der Waals surface area contributed by atoms with Gasteiger partial charge < -0.3 is 0 Å². The molecule has 0 amide bonds.